The highest BCUT2D eigenvalue weighted by molar-refractivity contribution is 5.59. The molecular formula is C14H10F2N4O. The molecule has 0 bridgehead atoms. The SMILES string of the molecule is NCc1cc(-c2nc(-c3cc(F)cc(F)c3)no2)ccn1. The molecule has 0 aliphatic carbocycles. The summed E-state index contributed by atoms with van der Waals surface area (Å²) in [4.78, 5) is 8.19. The van der Waals surface area contributed by atoms with Gasteiger partial charge in [0.1, 0.15) is 11.6 Å². The molecule has 106 valence electrons. The number of nitrogens with zero attached hydrogens (tertiary/aromatic N) is 3. The van der Waals surface area contributed by atoms with Crippen molar-refractivity contribution >= 4 is 0 Å². The van der Waals surface area contributed by atoms with Crippen LogP contribution in [-0.2, 0) is 6.54 Å². The molecule has 21 heavy (non-hydrogen) atoms. The second-order valence-electron chi connectivity index (χ2n) is 4.32. The van der Waals surface area contributed by atoms with Crippen LogP contribution in [0.3, 0.4) is 0 Å². The van der Waals surface area contributed by atoms with Gasteiger partial charge in [0.15, 0.2) is 0 Å². The number of hydrogen-bond acceptors (Lipinski definition) is 5. The first-order chi connectivity index (χ1) is 10.2. The summed E-state index contributed by atoms with van der Waals surface area (Å²) in [6.45, 7) is 0.282. The first-order valence-electron chi connectivity index (χ1n) is 6.11. The molecule has 2 heterocycles. The van der Waals surface area contributed by atoms with Gasteiger partial charge in [0, 0.05) is 29.9 Å². The van der Waals surface area contributed by atoms with E-state index in [1.54, 1.807) is 18.3 Å². The average Bonchev–Trinajstić information content (AvgIpc) is 2.96. The Bertz CT molecular complexity index is 768. The van der Waals surface area contributed by atoms with Crippen molar-refractivity contribution in [2.75, 3.05) is 0 Å². The molecule has 0 atom stereocenters. The number of halogens is 2. The van der Waals surface area contributed by atoms with E-state index in [9.17, 15) is 8.78 Å². The molecule has 0 aliphatic heterocycles. The number of benzene rings is 1. The minimum atomic E-state index is -0.703. The summed E-state index contributed by atoms with van der Waals surface area (Å²) in [5, 5.41) is 3.73. The Morgan fingerprint density at radius 1 is 1.05 bits per heavy atom. The number of pyridine rings is 1. The quantitative estimate of drug-likeness (QED) is 0.801. The maximum atomic E-state index is 13.2. The van der Waals surface area contributed by atoms with Crippen LogP contribution in [0.15, 0.2) is 41.1 Å². The Morgan fingerprint density at radius 3 is 2.52 bits per heavy atom. The first-order valence-corrected chi connectivity index (χ1v) is 6.11. The zero-order chi connectivity index (χ0) is 14.8. The van der Waals surface area contributed by atoms with E-state index in [-0.39, 0.29) is 23.8 Å². The fourth-order valence-corrected chi connectivity index (χ4v) is 1.86. The average molecular weight is 288 g/mol. The lowest BCUT2D eigenvalue weighted by molar-refractivity contribution is 0.432. The predicted octanol–water partition coefficient (Wildman–Crippen LogP) is 2.54. The fraction of sp³-hybridized carbons (Fsp3) is 0.0714. The topological polar surface area (TPSA) is 77.8 Å². The van der Waals surface area contributed by atoms with E-state index >= 15 is 0 Å². The highest BCUT2D eigenvalue weighted by Crippen LogP contribution is 2.23. The van der Waals surface area contributed by atoms with Crippen LogP contribution in [0.25, 0.3) is 22.8 Å². The third-order valence-corrected chi connectivity index (χ3v) is 2.82. The number of aromatic nitrogens is 3. The monoisotopic (exact) mass is 288 g/mol. The van der Waals surface area contributed by atoms with Gasteiger partial charge in [0.05, 0.1) is 5.69 Å². The van der Waals surface area contributed by atoms with Gasteiger partial charge in [-0.3, -0.25) is 4.98 Å². The van der Waals surface area contributed by atoms with Crippen molar-refractivity contribution in [3.63, 3.8) is 0 Å². The highest BCUT2D eigenvalue weighted by Gasteiger charge is 2.13. The fourth-order valence-electron chi connectivity index (χ4n) is 1.86. The molecule has 0 unspecified atom stereocenters. The summed E-state index contributed by atoms with van der Waals surface area (Å²) in [5.41, 5.74) is 7.03. The van der Waals surface area contributed by atoms with Gasteiger partial charge >= 0.3 is 0 Å². The van der Waals surface area contributed by atoms with Gasteiger partial charge in [-0.2, -0.15) is 4.98 Å². The predicted molar refractivity (Wildman–Crippen MR) is 70.8 cm³/mol. The van der Waals surface area contributed by atoms with Crippen molar-refractivity contribution in [1.82, 2.24) is 15.1 Å². The smallest absolute Gasteiger partial charge is 0.258 e. The number of hydrogen-bond donors (Lipinski definition) is 1. The van der Waals surface area contributed by atoms with Crippen LogP contribution >= 0.6 is 0 Å². The van der Waals surface area contributed by atoms with Crippen LogP contribution in [-0.4, -0.2) is 15.1 Å². The van der Waals surface area contributed by atoms with E-state index in [0.29, 0.717) is 11.3 Å². The summed E-state index contributed by atoms with van der Waals surface area (Å²) in [6.07, 6.45) is 1.57. The summed E-state index contributed by atoms with van der Waals surface area (Å²) >= 11 is 0. The van der Waals surface area contributed by atoms with Crippen LogP contribution in [0.2, 0.25) is 0 Å². The highest BCUT2D eigenvalue weighted by atomic mass is 19.1. The van der Waals surface area contributed by atoms with Crippen molar-refractivity contribution in [2.45, 2.75) is 6.54 Å². The van der Waals surface area contributed by atoms with Crippen LogP contribution < -0.4 is 5.73 Å². The molecule has 2 N–H and O–H groups in total. The lowest BCUT2D eigenvalue weighted by Crippen LogP contribution is -1.98. The second kappa shape index (κ2) is 5.37. The van der Waals surface area contributed by atoms with Gasteiger partial charge in [-0.1, -0.05) is 5.16 Å². The molecule has 0 saturated carbocycles. The number of rotatable bonds is 3. The Kier molecular flexibility index (Phi) is 3.41. The first kappa shape index (κ1) is 13.3. The lowest BCUT2D eigenvalue weighted by atomic mass is 10.2. The molecule has 5 nitrogen and oxygen atoms in total. The Hall–Kier alpha value is -2.67. The molecule has 3 rings (SSSR count). The molecule has 7 heteroatoms. The minimum Gasteiger partial charge on any atom is -0.334 e. The van der Waals surface area contributed by atoms with Crippen molar-refractivity contribution in [3.05, 3.63) is 53.9 Å². The van der Waals surface area contributed by atoms with Crippen molar-refractivity contribution in [1.29, 1.82) is 0 Å². The van der Waals surface area contributed by atoms with E-state index < -0.39 is 11.6 Å². The van der Waals surface area contributed by atoms with Crippen molar-refractivity contribution < 1.29 is 13.3 Å². The van der Waals surface area contributed by atoms with Crippen LogP contribution in [0, 0.1) is 11.6 Å². The van der Waals surface area contributed by atoms with Crippen molar-refractivity contribution in [3.8, 4) is 22.8 Å². The largest absolute Gasteiger partial charge is 0.334 e. The molecule has 0 radical (unpaired) electrons. The van der Waals surface area contributed by atoms with E-state index in [1.165, 1.54) is 0 Å². The van der Waals surface area contributed by atoms with Crippen LogP contribution in [0.4, 0.5) is 8.78 Å². The maximum absolute atomic E-state index is 13.2. The van der Waals surface area contributed by atoms with E-state index in [2.05, 4.69) is 15.1 Å². The summed E-state index contributed by atoms with van der Waals surface area (Å²) in [7, 11) is 0. The Labute approximate surface area is 118 Å². The van der Waals surface area contributed by atoms with Gasteiger partial charge in [0.25, 0.3) is 5.89 Å². The molecule has 0 spiro atoms. The molecule has 0 fully saturated rings. The van der Waals surface area contributed by atoms with Gasteiger partial charge in [0.2, 0.25) is 5.82 Å². The number of nitrogens with two attached hydrogens (primary N) is 1. The Balaban J connectivity index is 1.99. The van der Waals surface area contributed by atoms with Gasteiger partial charge in [-0.25, -0.2) is 8.78 Å². The Morgan fingerprint density at radius 2 is 1.81 bits per heavy atom. The van der Waals surface area contributed by atoms with E-state index in [1.807, 2.05) is 0 Å². The minimum absolute atomic E-state index is 0.106. The molecule has 2 aromatic heterocycles. The van der Waals surface area contributed by atoms with Gasteiger partial charge < -0.3 is 10.3 Å². The molecule has 0 saturated heterocycles. The molecule has 3 aromatic rings. The second-order valence-corrected chi connectivity index (χ2v) is 4.32. The van der Waals surface area contributed by atoms with Gasteiger partial charge in [-0.05, 0) is 24.3 Å². The van der Waals surface area contributed by atoms with E-state index in [0.717, 1.165) is 18.2 Å². The summed E-state index contributed by atoms with van der Waals surface area (Å²) < 4.78 is 31.5. The molecule has 0 aliphatic rings. The summed E-state index contributed by atoms with van der Waals surface area (Å²) in [5.74, 6) is -1.07. The van der Waals surface area contributed by atoms with E-state index in [4.69, 9.17) is 10.3 Å². The standard InChI is InChI=1S/C14H10F2N4O/c15-10-3-9(4-11(16)6-10)13-19-14(21-20-13)8-1-2-18-12(5-8)7-17/h1-6H,7,17H2. The zero-order valence-corrected chi connectivity index (χ0v) is 10.8. The third-order valence-electron chi connectivity index (χ3n) is 2.82. The normalized spacial score (nSPS) is 10.8. The molecular weight excluding hydrogens is 278 g/mol. The van der Waals surface area contributed by atoms with Crippen molar-refractivity contribution in [2.24, 2.45) is 5.73 Å². The molecule has 0 amide bonds. The van der Waals surface area contributed by atoms with Gasteiger partial charge in [-0.15, -0.1) is 0 Å². The summed E-state index contributed by atoms with van der Waals surface area (Å²) in [6, 6.07) is 6.44. The van der Waals surface area contributed by atoms with Crippen LogP contribution in [0.1, 0.15) is 5.69 Å². The zero-order valence-electron chi connectivity index (χ0n) is 10.8. The lowest BCUT2D eigenvalue weighted by Gasteiger charge is -1.97. The molecule has 1 aromatic carbocycles. The van der Waals surface area contributed by atoms with Crippen LogP contribution in [0.5, 0.6) is 0 Å². The third kappa shape index (κ3) is 2.77. The maximum Gasteiger partial charge on any atom is 0.258 e.